The van der Waals surface area contributed by atoms with Gasteiger partial charge < -0.3 is 27.0 Å². The second kappa shape index (κ2) is 13.9. The Morgan fingerprint density at radius 2 is 1.29 bits per heavy atom. The van der Waals surface area contributed by atoms with Crippen LogP contribution < -0.4 is 22.1 Å². The largest absolute Gasteiger partial charge is 0.341 e. The maximum atomic E-state index is 13.5. The van der Waals surface area contributed by atoms with E-state index < -0.39 is 12.1 Å². The Labute approximate surface area is 207 Å². The van der Waals surface area contributed by atoms with Crippen LogP contribution in [-0.4, -0.2) is 49.1 Å². The van der Waals surface area contributed by atoms with Gasteiger partial charge in [-0.05, 0) is 54.8 Å². The molecule has 3 aromatic rings. The van der Waals surface area contributed by atoms with E-state index in [4.69, 9.17) is 11.5 Å². The molecule has 3 aromatic carbocycles. The van der Waals surface area contributed by atoms with Gasteiger partial charge >= 0.3 is 6.03 Å². The number of amides is 3. The number of nitrogens with two attached hydrogens (primary N) is 2. The Kier molecular flexibility index (Phi) is 10.3. The molecule has 0 spiro atoms. The molecule has 1 unspecified atom stereocenters. The standard InChI is InChI=1S/C28H35N5O2/c29-17-7-19-33(20-8-18-30)27(34)26(21-22-9-3-1-4-10-22)32-28(35)31-25-15-13-24(14-16-25)23-11-5-2-6-12-23/h1-6,9-16,26H,7-8,17-21,29-30H2,(H2,31,32,35). The third-order valence-corrected chi connectivity index (χ3v) is 5.71. The van der Waals surface area contributed by atoms with Gasteiger partial charge in [-0.2, -0.15) is 0 Å². The van der Waals surface area contributed by atoms with E-state index in [2.05, 4.69) is 10.6 Å². The minimum absolute atomic E-state index is 0.134. The molecule has 0 aliphatic heterocycles. The van der Waals surface area contributed by atoms with E-state index in [0.717, 1.165) is 16.7 Å². The fraction of sp³-hybridized carbons (Fsp3) is 0.286. The van der Waals surface area contributed by atoms with Crippen molar-refractivity contribution in [2.75, 3.05) is 31.5 Å². The zero-order valence-electron chi connectivity index (χ0n) is 20.0. The molecule has 0 aliphatic rings. The van der Waals surface area contributed by atoms with Gasteiger partial charge in [-0.3, -0.25) is 4.79 Å². The van der Waals surface area contributed by atoms with Crippen LogP contribution in [0.15, 0.2) is 84.9 Å². The maximum Gasteiger partial charge on any atom is 0.319 e. The lowest BCUT2D eigenvalue weighted by molar-refractivity contribution is -0.133. The molecule has 1 atom stereocenters. The molecule has 7 heteroatoms. The number of hydrogen-bond donors (Lipinski definition) is 4. The normalized spacial score (nSPS) is 11.5. The lowest BCUT2D eigenvalue weighted by atomic mass is 10.0. The molecule has 6 N–H and O–H groups in total. The van der Waals surface area contributed by atoms with Gasteiger partial charge in [-0.1, -0.05) is 72.8 Å². The summed E-state index contributed by atoms with van der Waals surface area (Å²) in [6.45, 7) is 2.04. The van der Waals surface area contributed by atoms with Gasteiger partial charge in [0.25, 0.3) is 0 Å². The van der Waals surface area contributed by atoms with Crippen molar-refractivity contribution in [2.24, 2.45) is 11.5 Å². The van der Waals surface area contributed by atoms with Crippen molar-refractivity contribution in [2.45, 2.75) is 25.3 Å². The SMILES string of the molecule is NCCCN(CCCN)C(=O)C(Cc1ccccc1)NC(=O)Nc1ccc(-c2ccccc2)cc1. The number of carbonyl (C=O) groups is 2. The minimum atomic E-state index is -0.712. The predicted molar refractivity (Wildman–Crippen MR) is 142 cm³/mol. The fourth-order valence-electron chi connectivity index (χ4n) is 3.87. The molecular weight excluding hydrogens is 438 g/mol. The second-order valence-corrected chi connectivity index (χ2v) is 8.39. The third-order valence-electron chi connectivity index (χ3n) is 5.71. The quantitative estimate of drug-likeness (QED) is 0.322. The van der Waals surface area contributed by atoms with Gasteiger partial charge in [0.05, 0.1) is 0 Å². The highest BCUT2D eigenvalue weighted by molar-refractivity contribution is 5.94. The molecular formula is C28H35N5O2. The Hall–Kier alpha value is -3.68. The Bertz CT molecular complexity index is 1030. The molecule has 3 amide bonds. The van der Waals surface area contributed by atoms with Crippen molar-refractivity contribution < 1.29 is 9.59 Å². The first kappa shape index (κ1) is 25.9. The lowest BCUT2D eigenvalue weighted by Gasteiger charge is -2.28. The van der Waals surface area contributed by atoms with Crippen LogP contribution >= 0.6 is 0 Å². The van der Waals surface area contributed by atoms with Crippen LogP contribution in [0.25, 0.3) is 11.1 Å². The number of rotatable bonds is 12. The lowest BCUT2D eigenvalue weighted by Crippen LogP contribution is -2.51. The zero-order chi connectivity index (χ0) is 24.9. The molecule has 3 rings (SSSR count). The van der Waals surface area contributed by atoms with Crippen LogP contribution in [0.2, 0.25) is 0 Å². The summed E-state index contributed by atoms with van der Waals surface area (Å²) in [5, 5.41) is 5.75. The summed E-state index contributed by atoms with van der Waals surface area (Å²) in [5.41, 5.74) is 15.1. The topological polar surface area (TPSA) is 113 Å². The van der Waals surface area contributed by atoms with Gasteiger partial charge in [0.2, 0.25) is 5.91 Å². The smallest absolute Gasteiger partial charge is 0.319 e. The summed E-state index contributed by atoms with van der Waals surface area (Å²) >= 11 is 0. The van der Waals surface area contributed by atoms with Crippen LogP contribution in [0.4, 0.5) is 10.5 Å². The molecule has 184 valence electrons. The molecule has 0 fully saturated rings. The summed E-state index contributed by atoms with van der Waals surface area (Å²) in [7, 11) is 0. The molecule has 7 nitrogen and oxygen atoms in total. The molecule has 0 saturated heterocycles. The first-order chi connectivity index (χ1) is 17.1. The van der Waals surface area contributed by atoms with Crippen LogP contribution in [0.5, 0.6) is 0 Å². The Balaban J connectivity index is 1.70. The first-order valence-corrected chi connectivity index (χ1v) is 12.1. The molecule has 0 radical (unpaired) electrons. The van der Waals surface area contributed by atoms with Crippen molar-refractivity contribution in [1.29, 1.82) is 0 Å². The van der Waals surface area contributed by atoms with E-state index in [9.17, 15) is 9.59 Å². The van der Waals surface area contributed by atoms with Gasteiger partial charge in [-0.15, -0.1) is 0 Å². The minimum Gasteiger partial charge on any atom is -0.341 e. The average molecular weight is 474 g/mol. The van der Waals surface area contributed by atoms with E-state index in [-0.39, 0.29) is 5.91 Å². The van der Waals surface area contributed by atoms with Crippen molar-refractivity contribution in [3.05, 3.63) is 90.5 Å². The number of benzene rings is 3. The van der Waals surface area contributed by atoms with Crippen molar-refractivity contribution in [3.8, 4) is 11.1 Å². The van der Waals surface area contributed by atoms with E-state index in [1.54, 1.807) is 4.90 Å². The Morgan fingerprint density at radius 3 is 1.86 bits per heavy atom. The number of carbonyl (C=O) groups excluding carboxylic acids is 2. The average Bonchev–Trinajstić information content (AvgIpc) is 2.89. The number of urea groups is 1. The molecule has 0 heterocycles. The Morgan fingerprint density at radius 1 is 0.743 bits per heavy atom. The van der Waals surface area contributed by atoms with Crippen LogP contribution in [0.1, 0.15) is 18.4 Å². The van der Waals surface area contributed by atoms with Gasteiger partial charge in [0.15, 0.2) is 0 Å². The molecule has 0 saturated carbocycles. The highest BCUT2D eigenvalue weighted by Gasteiger charge is 2.26. The summed E-state index contributed by atoms with van der Waals surface area (Å²) in [6.07, 6.45) is 1.77. The van der Waals surface area contributed by atoms with Crippen molar-refractivity contribution in [3.63, 3.8) is 0 Å². The van der Waals surface area contributed by atoms with Crippen molar-refractivity contribution >= 4 is 17.6 Å². The molecule has 0 aliphatic carbocycles. The van der Waals surface area contributed by atoms with Gasteiger partial charge in [0, 0.05) is 25.2 Å². The highest BCUT2D eigenvalue weighted by atomic mass is 16.2. The summed E-state index contributed by atoms with van der Waals surface area (Å²) in [4.78, 5) is 28.1. The van der Waals surface area contributed by atoms with Crippen molar-refractivity contribution in [1.82, 2.24) is 10.2 Å². The molecule has 0 bridgehead atoms. The highest BCUT2D eigenvalue weighted by Crippen LogP contribution is 2.21. The molecule has 35 heavy (non-hydrogen) atoms. The van der Waals surface area contributed by atoms with Gasteiger partial charge in [-0.25, -0.2) is 4.79 Å². The van der Waals surface area contributed by atoms with E-state index in [0.29, 0.717) is 51.1 Å². The predicted octanol–water partition coefficient (Wildman–Crippen LogP) is 3.61. The van der Waals surface area contributed by atoms with E-state index in [1.165, 1.54) is 0 Å². The van der Waals surface area contributed by atoms with E-state index in [1.807, 2.05) is 84.9 Å². The number of nitrogens with one attached hydrogen (secondary N) is 2. The fourth-order valence-corrected chi connectivity index (χ4v) is 3.87. The molecule has 0 aromatic heterocycles. The summed E-state index contributed by atoms with van der Waals surface area (Å²) in [6, 6.07) is 26.2. The van der Waals surface area contributed by atoms with Gasteiger partial charge in [0.1, 0.15) is 6.04 Å². The number of hydrogen-bond acceptors (Lipinski definition) is 4. The summed E-state index contributed by atoms with van der Waals surface area (Å²) < 4.78 is 0. The number of anilines is 1. The van der Waals surface area contributed by atoms with Crippen LogP contribution in [-0.2, 0) is 11.2 Å². The summed E-state index contributed by atoms with van der Waals surface area (Å²) in [5.74, 6) is -0.134. The zero-order valence-corrected chi connectivity index (χ0v) is 20.0. The van der Waals surface area contributed by atoms with Crippen LogP contribution in [0, 0.1) is 0 Å². The van der Waals surface area contributed by atoms with E-state index >= 15 is 0 Å². The monoisotopic (exact) mass is 473 g/mol. The van der Waals surface area contributed by atoms with Crippen LogP contribution in [0.3, 0.4) is 0 Å². The maximum absolute atomic E-state index is 13.5. The third kappa shape index (κ3) is 8.24. The second-order valence-electron chi connectivity index (χ2n) is 8.39. The first-order valence-electron chi connectivity index (χ1n) is 12.1. The number of nitrogens with zero attached hydrogens (tertiary/aromatic N) is 1.